The van der Waals surface area contributed by atoms with E-state index in [2.05, 4.69) is 9.97 Å². The number of nitrogens with zero attached hydrogens (tertiary/aromatic N) is 2. The molecule has 1 aliphatic rings. The lowest BCUT2D eigenvalue weighted by Crippen LogP contribution is -2.30. The van der Waals surface area contributed by atoms with Crippen molar-refractivity contribution in [2.45, 2.75) is 31.7 Å². The van der Waals surface area contributed by atoms with Crippen LogP contribution < -0.4 is 9.47 Å². The Kier molecular flexibility index (Phi) is 5.19. The van der Waals surface area contributed by atoms with E-state index in [0.29, 0.717) is 24.3 Å². The van der Waals surface area contributed by atoms with E-state index in [0.717, 1.165) is 41.8 Å². The number of carbonyl (C=O) groups excluding carboxylic acids is 1. The number of aryl methyl sites for hydroxylation is 1. The van der Waals surface area contributed by atoms with Gasteiger partial charge in [-0.05, 0) is 42.7 Å². The molecule has 0 spiro atoms. The normalized spacial score (nSPS) is 16.5. The number of likely N-dealkylation sites (tertiary alicyclic amines) is 1. The van der Waals surface area contributed by atoms with Crippen LogP contribution in [0.2, 0.25) is 0 Å². The van der Waals surface area contributed by atoms with E-state index in [1.807, 2.05) is 47.4 Å². The zero-order valence-corrected chi connectivity index (χ0v) is 16.3. The molecule has 1 N–H and O–H groups in total. The smallest absolute Gasteiger partial charge is 0.223 e. The first-order chi connectivity index (χ1) is 13.7. The molecule has 0 saturated carbocycles. The molecular weight excluding hydrogens is 354 g/mol. The van der Waals surface area contributed by atoms with Gasteiger partial charge in [-0.2, -0.15) is 0 Å². The second kappa shape index (κ2) is 7.92. The molecule has 3 aromatic rings. The second-order valence-electron chi connectivity index (χ2n) is 7.06. The van der Waals surface area contributed by atoms with Crippen LogP contribution in [0.3, 0.4) is 0 Å². The molecule has 28 heavy (non-hydrogen) atoms. The molecule has 4 rings (SSSR count). The summed E-state index contributed by atoms with van der Waals surface area (Å²) in [6, 6.07) is 13.9. The molecule has 146 valence electrons. The first kappa shape index (κ1) is 18.3. The van der Waals surface area contributed by atoms with Crippen LogP contribution in [0, 0.1) is 0 Å². The number of ether oxygens (including phenoxy) is 2. The van der Waals surface area contributed by atoms with Crippen molar-refractivity contribution in [2.24, 2.45) is 0 Å². The summed E-state index contributed by atoms with van der Waals surface area (Å²) in [5, 5.41) is 0. The number of imidazole rings is 1. The number of benzene rings is 2. The summed E-state index contributed by atoms with van der Waals surface area (Å²) in [7, 11) is 3.26. The maximum atomic E-state index is 12.9. The van der Waals surface area contributed by atoms with Gasteiger partial charge in [-0.25, -0.2) is 4.98 Å². The molecule has 6 nitrogen and oxygen atoms in total. The number of hydrogen-bond acceptors (Lipinski definition) is 4. The first-order valence-electron chi connectivity index (χ1n) is 9.64. The summed E-state index contributed by atoms with van der Waals surface area (Å²) in [6.45, 7) is 0.790. The van der Waals surface area contributed by atoms with Crippen LogP contribution in [0.25, 0.3) is 11.0 Å². The largest absolute Gasteiger partial charge is 0.493 e. The van der Waals surface area contributed by atoms with E-state index in [4.69, 9.17) is 9.47 Å². The lowest BCUT2D eigenvalue weighted by molar-refractivity contribution is -0.132. The minimum absolute atomic E-state index is 0.0861. The lowest BCUT2D eigenvalue weighted by Gasteiger charge is -2.25. The van der Waals surface area contributed by atoms with E-state index in [9.17, 15) is 4.79 Å². The van der Waals surface area contributed by atoms with Crippen molar-refractivity contribution in [3.63, 3.8) is 0 Å². The van der Waals surface area contributed by atoms with Crippen LogP contribution in [0.15, 0.2) is 42.5 Å². The average molecular weight is 379 g/mol. The minimum atomic E-state index is 0.0861. The van der Waals surface area contributed by atoms with Gasteiger partial charge in [0.1, 0.15) is 5.82 Å². The number of hydrogen-bond donors (Lipinski definition) is 1. The molecule has 1 fully saturated rings. The topological polar surface area (TPSA) is 67.5 Å². The Bertz CT molecular complexity index is 949. The zero-order valence-electron chi connectivity index (χ0n) is 16.3. The first-order valence-corrected chi connectivity index (χ1v) is 9.64. The SMILES string of the molecule is COc1ccc(C2CCCN2C(=O)CCc2nc3ccccc3[nH]2)cc1OC. The van der Waals surface area contributed by atoms with Gasteiger partial charge >= 0.3 is 0 Å². The van der Waals surface area contributed by atoms with Gasteiger partial charge in [0.2, 0.25) is 5.91 Å². The molecule has 0 bridgehead atoms. The Hall–Kier alpha value is -3.02. The molecule has 1 aromatic heterocycles. The summed E-state index contributed by atoms with van der Waals surface area (Å²) in [5.74, 6) is 2.42. The highest BCUT2D eigenvalue weighted by Gasteiger charge is 2.30. The highest BCUT2D eigenvalue weighted by molar-refractivity contribution is 5.78. The summed E-state index contributed by atoms with van der Waals surface area (Å²) in [5.41, 5.74) is 3.04. The molecule has 1 atom stereocenters. The van der Waals surface area contributed by atoms with Crippen LogP contribution in [0.4, 0.5) is 0 Å². The van der Waals surface area contributed by atoms with Crippen molar-refractivity contribution in [1.82, 2.24) is 14.9 Å². The molecule has 2 aromatic carbocycles. The standard InChI is InChI=1S/C22H25N3O3/c1-27-19-10-9-15(14-20(19)28-2)18-8-5-13-25(18)22(26)12-11-21-23-16-6-3-4-7-17(16)24-21/h3-4,6-7,9-10,14,18H,5,8,11-13H2,1-2H3,(H,23,24). The summed E-state index contributed by atoms with van der Waals surface area (Å²) in [6.07, 6.45) is 3.04. The highest BCUT2D eigenvalue weighted by atomic mass is 16.5. The molecule has 1 unspecified atom stereocenters. The molecule has 1 amide bonds. The zero-order chi connectivity index (χ0) is 19.5. The highest BCUT2D eigenvalue weighted by Crippen LogP contribution is 2.37. The Morgan fingerprint density at radius 1 is 1.18 bits per heavy atom. The van der Waals surface area contributed by atoms with Crippen molar-refractivity contribution in [3.8, 4) is 11.5 Å². The number of amides is 1. The third-order valence-corrected chi connectivity index (χ3v) is 5.38. The quantitative estimate of drug-likeness (QED) is 0.706. The number of H-pyrrole nitrogens is 1. The Labute approximate surface area is 164 Å². The summed E-state index contributed by atoms with van der Waals surface area (Å²) >= 11 is 0. The number of carbonyl (C=O) groups is 1. The second-order valence-corrected chi connectivity index (χ2v) is 7.06. The van der Waals surface area contributed by atoms with E-state index in [-0.39, 0.29) is 11.9 Å². The van der Waals surface area contributed by atoms with Crippen LogP contribution in [-0.4, -0.2) is 41.5 Å². The number of nitrogens with one attached hydrogen (secondary N) is 1. The van der Waals surface area contributed by atoms with Gasteiger partial charge < -0.3 is 19.4 Å². The number of aromatic amines is 1. The molecular formula is C22H25N3O3. The maximum Gasteiger partial charge on any atom is 0.223 e. The predicted molar refractivity (Wildman–Crippen MR) is 108 cm³/mol. The fraction of sp³-hybridized carbons (Fsp3) is 0.364. The fourth-order valence-corrected chi connectivity index (χ4v) is 3.96. The van der Waals surface area contributed by atoms with Gasteiger partial charge in [-0.15, -0.1) is 0 Å². The number of rotatable bonds is 6. The average Bonchev–Trinajstić information content (AvgIpc) is 3.38. The van der Waals surface area contributed by atoms with Gasteiger partial charge in [-0.3, -0.25) is 4.79 Å². The monoisotopic (exact) mass is 379 g/mol. The van der Waals surface area contributed by atoms with Crippen molar-refractivity contribution in [1.29, 1.82) is 0 Å². The maximum absolute atomic E-state index is 12.9. The minimum Gasteiger partial charge on any atom is -0.493 e. The lowest BCUT2D eigenvalue weighted by atomic mass is 10.0. The Morgan fingerprint density at radius 2 is 2.00 bits per heavy atom. The van der Waals surface area contributed by atoms with Crippen LogP contribution in [-0.2, 0) is 11.2 Å². The van der Waals surface area contributed by atoms with E-state index in [1.54, 1.807) is 14.2 Å². The van der Waals surface area contributed by atoms with Crippen molar-refractivity contribution in [2.75, 3.05) is 20.8 Å². The molecule has 1 aliphatic heterocycles. The number of para-hydroxylation sites is 2. The third kappa shape index (κ3) is 3.54. The number of fused-ring (bicyclic) bond motifs is 1. The van der Waals surface area contributed by atoms with Crippen LogP contribution in [0.1, 0.15) is 36.7 Å². The van der Waals surface area contributed by atoms with E-state index < -0.39 is 0 Å². The molecule has 2 heterocycles. The van der Waals surface area contributed by atoms with Gasteiger partial charge in [0, 0.05) is 19.4 Å². The van der Waals surface area contributed by atoms with Crippen molar-refractivity contribution >= 4 is 16.9 Å². The van der Waals surface area contributed by atoms with E-state index >= 15 is 0 Å². The summed E-state index contributed by atoms with van der Waals surface area (Å²) < 4.78 is 10.8. The molecule has 6 heteroatoms. The third-order valence-electron chi connectivity index (χ3n) is 5.38. The number of aromatic nitrogens is 2. The molecule has 0 radical (unpaired) electrons. The van der Waals surface area contributed by atoms with Gasteiger partial charge in [0.15, 0.2) is 11.5 Å². The number of methoxy groups -OCH3 is 2. The Morgan fingerprint density at radius 3 is 2.79 bits per heavy atom. The van der Waals surface area contributed by atoms with Gasteiger partial charge in [-0.1, -0.05) is 18.2 Å². The van der Waals surface area contributed by atoms with Crippen LogP contribution >= 0.6 is 0 Å². The van der Waals surface area contributed by atoms with E-state index in [1.165, 1.54) is 0 Å². The molecule has 1 saturated heterocycles. The van der Waals surface area contributed by atoms with Gasteiger partial charge in [0.25, 0.3) is 0 Å². The Balaban J connectivity index is 1.46. The van der Waals surface area contributed by atoms with Crippen molar-refractivity contribution < 1.29 is 14.3 Å². The molecule has 0 aliphatic carbocycles. The van der Waals surface area contributed by atoms with Gasteiger partial charge in [0.05, 0.1) is 31.3 Å². The summed E-state index contributed by atoms with van der Waals surface area (Å²) in [4.78, 5) is 22.8. The predicted octanol–water partition coefficient (Wildman–Crippen LogP) is 3.88. The van der Waals surface area contributed by atoms with Crippen molar-refractivity contribution in [3.05, 3.63) is 53.9 Å². The fourth-order valence-electron chi connectivity index (χ4n) is 3.96. The van der Waals surface area contributed by atoms with Crippen LogP contribution in [0.5, 0.6) is 11.5 Å².